The van der Waals surface area contributed by atoms with Crippen LogP contribution >= 0.6 is 0 Å². The van der Waals surface area contributed by atoms with E-state index in [4.69, 9.17) is 14.3 Å². The van der Waals surface area contributed by atoms with Gasteiger partial charge in [-0.15, -0.1) is 0 Å². The molecule has 4 nitrogen and oxygen atoms in total. The molecule has 0 radical (unpaired) electrons. The second-order valence-corrected chi connectivity index (χ2v) is 3.51. The molecule has 0 spiro atoms. The molecule has 0 bridgehead atoms. The maximum atomic E-state index is 10.5. The highest BCUT2D eigenvalue weighted by Gasteiger charge is 2.18. The molecule has 0 fully saturated rings. The van der Waals surface area contributed by atoms with Crippen LogP contribution in [0.2, 0.25) is 0 Å². The van der Waals surface area contributed by atoms with E-state index in [2.05, 4.69) is 0 Å². The summed E-state index contributed by atoms with van der Waals surface area (Å²) < 4.78 is 10.6. The number of benzene rings is 1. The fourth-order valence-corrected chi connectivity index (χ4v) is 1.57. The zero-order valence-electron chi connectivity index (χ0n) is 9.08. The van der Waals surface area contributed by atoms with Crippen LogP contribution in [0.1, 0.15) is 17.4 Å². The van der Waals surface area contributed by atoms with Crippen molar-refractivity contribution in [1.82, 2.24) is 0 Å². The maximum Gasteiger partial charge on any atom is 0.329 e. The summed E-state index contributed by atoms with van der Waals surface area (Å²) in [6.07, 6.45) is 1.05. The van der Waals surface area contributed by atoms with E-state index >= 15 is 0 Å². The molecule has 0 aliphatic heterocycles. The quantitative estimate of drug-likeness (QED) is 0.860. The lowest BCUT2D eigenvalue weighted by Gasteiger charge is -2.14. The SMILES string of the molecule is O=C(O)COC(c1ccccc1)c1ccco1. The normalized spacial score (nSPS) is 12.2. The molecule has 0 aliphatic carbocycles. The van der Waals surface area contributed by atoms with E-state index < -0.39 is 12.1 Å². The lowest BCUT2D eigenvalue weighted by atomic mass is 10.1. The Hall–Kier alpha value is -2.07. The van der Waals surface area contributed by atoms with Gasteiger partial charge in [-0.05, 0) is 17.7 Å². The molecule has 1 atom stereocenters. The Morgan fingerprint density at radius 1 is 1.24 bits per heavy atom. The van der Waals surface area contributed by atoms with Crippen LogP contribution in [0.25, 0.3) is 0 Å². The molecule has 1 aromatic carbocycles. The standard InChI is InChI=1S/C13H12O4/c14-12(15)9-17-13(11-7-4-8-16-11)10-5-2-1-3-6-10/h1-8,13H,9H2,(H,14,15). The van der Waals surface area contributed by atoms with Crippen LogP contribution in [-0.2, 0) is 9.53 Å². The predicted molar refractivity (Wildman–Crippen MR) is 60.6 cm³/mol. The fraction of sp³-hybridized carbons (Fsp3) is 0.154. The second kappa shape index (κ2) is 5.32. The largest absolute Gasteiger partial charge is 0.480 e. The van der Waals surface area contributed by atoms with Gasteiger partial charge in [0.25, 0.3) is 0 Å². The number of hydrogen-bond donors (Lipinski definition) is 1. The van der Waals surface area contributed by atoms with E-state index in [1.165, 1.54) is 6.26 Å². The van der Waals surface area contributed by atoms with E-state index in [-0.39, 0.29) is 6.61 Å². The summed E-state index contributed by atoms with van der Waals surface area (Å²) in [6, 6.07) is 12.9. The van der Waals surface area contributed by atoms with Gasteiger partial charge < -0.3 is 14.3 Å². The summed E-state index contributed by atoms with van der Waals surface area (Å²) in [5, 5.41) is 8.65. The molecule has 0 saturated carbocycles. The van der Waals surface area contributed by atoms with Crippen LogP contribution in [0.3, 0.4) is 0 Å². The van der Waals surface area contributed by atoms with Gasteiger partial charge in [0.05, 0.1) is 6.26 Å². The van der Waals surface area contributed by atoms with Crippen molar-refractivity contribution in [2.45, 2.75) is 6.10 Å². The van der Waals surface area contributed by atoms with Gasteiger partial charge >= 0.3 is 5.97 Å². The van der Waals surface area contributed by atoms with Gasteiger partial charge in [0.15, 0.2) is 0 Å². The molecule has 4 heteroatoms. The molecule has 0 amide bonds. The van der Waals surface area contributed by atoms with Crippen molar-refractivity contribution in [3.63, 3.8) is 0 Å². The average molecular weight is 232 g/mol. The Morgan fingerprint density at radius 2 is 2.00 bits per heavy atom. The van der Waals surface area contributed by atoms with E-state index in [1.807, 2.05) is 30.3 Å². The summed E-state index contributed by atoms with van der Waals surface area (Å²) in [5.41, 5.74) is 0.865. The number of carboxylic acids is 1. The number of ether oxygens (including phenoxy) is 1. The van der Waals surface area contributed by atoms with Crippen molar-refractivity contribution in [2.24, 2.45) is 0 Å². The Morgan fingerprint density at radius 3 is 2.59 bits per heavy atom. The lowest BCUT2D eigenvalue weighted by Crippen LogP contribution is -2.12. The number of aliphatic carboxylic acids is 1. The molecule has 1 aromatic heterocycles. The summed E-state index contributed by atoms with van der Waals surface area (Å²) >= 11 is 0. The Labute approximate surface area is 98.4 Å². The van der Waals surface area contributed by atoms with Gasteiger partial charge in [0, 0.05) is 0 Å². The molecule has 1 N–H and O–H groups in total. The van der Waals surface area contributed by atoms with E-state index in [9.17, 15) is 4.79 Å². The van der Waals surface area contributed by atoms with Crippen LogP contribution in [0.5, 0.6) is 0 Å². The summed E-state index contributed by atoms with van der Waals surface area (Å²) in [5.74, 6) is -0.407. The monoisotopic (exact) mass is 232 g/mol. The molecule has 88 valence electrons. The van der Waals surface area contributed by atoms with Crippen molar-refractivity contribution in [3.8, 4) is 0 Å². The Kier molecular flexibility index (Phi) is 3.57. The third kappa shape index (κ3) is 2.95. The first-order valence-corrected chi connectivity index (χ1v) is 5.19. The minimum Gasteiger partial charge on any atom is -0.480 e. The predicted octanol–water partition coefficient (Wildman–Crippen LogP) is 2.47. The second-order valence-electron chi connectivity index (χ2n) is 3.51. The molecule has 1 unspecified atom stereocenters. The summed E-state index contributed by atoms with van der Waals surface area (Å²) in [7, 11) is 0. The van der Waals surface area contributed by atoms with Crippen molar-refractivity contribution < 1.29 is 19.1 Å². The van der Waals surface area contributed by atoms with Crippen molar-refractivity contribution in [2.75, 3.05) is 6.61 Å². The van der Waals surface area contributed by atoms with Gasteiger partial charge in [-0.1, -0.05) is 30.3 Å². The lowest BCUT2D eigenvalue weighted by molar-refractivity contribution is -0.143. The summed E-state index contributed by atoms with van der Waals surface area (Å²) in [6.45, 7) is -0.361. The minimum absolute atomic E-state index is 0.361. The molecule has 1 heterocycles. The van der Waals surface area contributed by atoms with E-state index in [0.29, 0.717) is 5.76 Å². The number of rotatable bonds is 5. The zero-order chi connectivity index (χ0) is 12.1. The molecular weight excluding hydrogens is 220 g/mol. The average Bonchev–Trinajstić information content (AvgIpc) is 2.84. The van der Waals surface area contributed by atoms with Crippen molar-refractivity contribution >= 4 is 5.97 Å². The highest BCUT2D eigenvalue weighted by Crippen LogP contribution is 2.25. The van der Waals surface area contributed by atoms with Crippen LogP contribution in [0, 0.1) is 0 Å². The van der Waals surface area contributed by atoms with E-state index in [1.54, 1.807) is 12.1 Å². The van der Waals surface area contributed by atoms with Crippen LogP contribution in [0.15, 0.2) is 53.1 Å². The van der Waals surface area contributed by atoms with Gasteiger partial charge in [0.1, 0.15) is 18.5 Å². The van der Waals surface area contributed by atoms with Crippen LogP contribution in [-0.4, -0.2) is 17.7 Å². The van der Waals surface area contributed by atoms with Gasteiger partial charge in [-0.3, -0.25) is 0 Å². The highest BCUT2D eigenvalue weighted by atomic mass is 16.5. The van der Waals surface area contributed by atoms with E-state index in [0.717, 1.165) is 5.56 Å². The molecule has 0 aliphatic rings. The molecule has 2 rings (SSSR count). The highest BCUT2D eigenvalue weighted by molar-refractivity contribution is 5.68. The number of carbonyl (C=O) groups is 1. The van der Waals surface area contributed by atoms with Gasteiger partial charge in [-0.25, -0.2) is 4.79 Å². The van der Waals surface area contributed by atoms with Gasteiger partial charge in [0.2, 0.25) is 0 Å². The fourth-order valence-electron chi connectivity index (χ4n) is 1.57. The third-order valence-corrected chi connectivity index (χ3v) is 2.28. The number of furan rings is 1. The van der Waals surface area contributed by atoms with Crippen molar-refractivity contribution in [3.05, 3.63) is 60.1 Å². The van der Waals surface area contributed by atoms with Crippen LogP contribution < -0.4 is 0 Å². The molecule has 2 aromatic rings. The first-order valence-electron chi connectivity index (χ1n) is 5.19. The topological polar surface area (TPSA) is 59.7 Å². The Bertz CT molecular complexity index is 461. The molecular formula is C13H12O4. The zero-order valence-corrected chi connectivity index (χ0v) is 9.08. The third-order valence-electron chi connectivity index (χ3n) is 2.28. The molecule has 17 heavy (non-hydrogen) atoms. The van der Waals surface area contributed by atoms with Crippen LogP contribution in [0.4, 0.5) is 0 Å². The Balaban J connectivity index is 2.22. The number of carboxylic acid groups (broad SMARTS) is 1. The summed E-state index contributed by atoms with van der Waals surface area (Å²) in [4.78, 5) is 10.5. The molecule has 0 saturated heterocycles. The van der Waals surface area contributed by atoms with Gasteiger partial charge in [-0.2, -0.15) is 0 Å². The van der Waals surface area contributed by atoms with Crippen molar-refractivity contribution in [1.29, 1.82) is 0 Å². The first kappa shape index (κ1) is 11.4. The first-order chi connectivity index (χ1) is 8.27. The number of hydrogen-bond acceptors (Lipinski definition) is 3. The smallest absolute Gasteiger partial charge is 0.329 e. The minimum atomic E-state index is -1.00. The maximum absolute atomic E-state index is 10.5.